The number of anilines is 1. The van der Waals surface area contributed by atoms with Gasteiger partial charge in [-0.05, 0) is 18.2 Å². The van der Waals surface area contributed by atoms with Crippen LogP contribution in [0.25, 0.3) is 0 Å². The van der Waals surface area contributed by atoms with Gasteiger partial charge in [0.2, 0.25) is 0 Å². The van der Waals surface area contributed by atoms with Crippen LogP contribution in [0.3, 0.4) is 0 Å². The Morgan fingerprint density at radius 3 is 2.67 bits per heavy atom. The molecule has 2 aromatic rings. The van der Waals surface area contributed by atoms with Gasteiger partial charge in [-0.25, -0.2) is 9.97 Å². The van der Waals surface area contributed by atoms with E-state index in [0.717, 1.165) is 0 Å². The summed E-state index contributed by atoms with van der Waals surface area (Å²) in [6.07, 6.45) is 1.22. The molecule has 2 N–H and O–H groups in total. The van der Waals surface area contributed by atoms with Gasteiger partial charge in [0, 0.05) is 11.1 Å². The van der Waals surface area contributed by atoms with Crippen LogP contribution in [0.5, 0.6) is 5.75 Å². The number of phenols is 1. The molecule has 0 spiro atoms. The first-order chi connectivity index (χ1) is 8.56. The molecule has 1 heterocycles. The van der Waals surface area contributed by atoms with E-state index in [2.05, 4.69) is 15.3 Å². The Hall–Kier alpha value is -1.85. The van der Waals surface area contributed by atoms with Gasteiger partial charge < -0.3 is 10.4 Å². The summed E-state index contributed by atoms with van der Waals surface area (Å²) in [5.41, 5.74) is 0.0918. The average Bonchev–Trinajstić information content (AvgIpc) is 2.28. The molecule has 0 atom stereocenters. The third-order valence-corrected chi connectivity index (χ3v) is 2.52. The minimum absolute atomic E-state index is 0.0918. The second kappa shape index (κ2) is 5.20. The molecule has 7 heteroatoms. The first-order valence-corrected chi connectivity index (χ1v) is 5.59. The SMILES string of the molecule is O=C(Nc1cc(Cl)ncn1)c1ccc(Cl)cc1O. The number of aromatic hydroxyl groups is 1. The van der Waals surface area contributed by atoms with Crippen molar-refractivity contribution in [1.29, 1.82) is 0 Å². The molecule has 0 bridgehead atoms. The minimum Gasteiger partial charge on any atom is -0.507 e. The van der Waals surface area contributed by atoms with Gasteiger partial charge in [-0.3, -0.25) is 4.79 Å². The molecule has 0 aliphatic carbocycles. The summed E-state index contributed by atoms with van der Waals surface area (Å²) < 4.78 is 0. The number of hydrogen-bond acceptors (Lipinski definition) is 4. The lowest BCUT2D eigenvalue weighted by atomic mass is 10.2. The van der Waals surface area contributed by atoms with E-state index in [4.69, 9.17) is 23.2 Å². The predicted molar refractivity (Wildman–Crippen MR) is 68.1 cm³/mol. The molecule has 0 aliphatic rings. The maximum atomic E-state index is 11.8. The fourth-order valence-electron chi connectivity index (χ4n) is 1.28. The molecule has 0 saturated heterocycles. The number of aromatic nitrogens is 2. The molecule has 1 amide bonds. The van der Waals surface area contributed by atoms with Crippen molar-refractivity contribution in [2.45, 2.75) is 0 Å². The number of phenolic OH excluding ortho intramolecular Hbond substituents is 1. The van der Waals surface area contributed by atoms with Gasteiger partial charge in [-0.1, -0.05) is 23.2 Å². The van der Waals surface area contributed by atoms with Crippen LogP contribution in [0.4, 0.5) is 5.82 Å². The topological polar surface area (TPSA) is 75.1 Å². The van der Waals surface area contributed by atoms with Gasteiger partial charge in [0.25, 0.3) is 5.91 Å². The van der Waals surface area contributed by atoms with Crippen molar-refractivity contribution in [2.24, 2.45) is 0 Å². The van der Waals surface area contributed by atoms with Crippen molar-refractivity contribution in [3.8, 4) is 5.75 Å². The Morgan fingerprint density at radius 1 is 1.22 bits per heavy atom. The number of benzene rings is 1. The predicted octanol–water partition coefficient (Wildman–Crippen LogP) is 2.74. The molecular formula is C11H7Cl2N3O2. The molecular weight excluding hydrogens is 277 g/mol. The number of rotatable bonds is 2. The van der Waals surface area contributed by atoms with Crippen LogP contribution < -0.4 is 5.32 Å². The van der Waals surface area contributed by atoms with Gasteiger partial charge in [-0.15, -0.1) is 0 Å². The second-order valence-corrected chi connectivity index (χ2v) is 4.17. The lowest BCUT2D eigenvalue weighted by Gasteiger charge is -2.06. The van der Waals surface area contributed by atoms with Crippen molar-refractivity contribution < 1.29 is 9.90 Å². The summed E-state index contributed by atoms with van der Waals surface area (Å²) >= 11 is 11.3. The van der Waals surface area contributed by atoms with E-state index in [1.165, 1.54) is 30.6 Å². The van der Waals surface area contributed by atoms with Crippen molar-refractivity contribution in [2.75, 3.05) is 5.32 Å². The van der Waals surface area contributed by atoms with Crippen LogP contribution in [-0.4, -0.2) is 21.0 Å². The lowest BCUT2D eigenvalue weighted by molar-refractivity contribution is 0.102. The average molecular weight is 284 g/mol. The number of halogens is 2. The van der Waals surface area contributed by atoms with E-state index in [9.17, 15) is 9.90 Å². The number of hydrogen-bond donors (Lipinski definition) is 2. The molecule has 1 aromatic heterocycles. The standard InChI is InChI=1S/C11H7Cl2N3O2/c12-6-1-2-7(8(17)3-6)11(18)16-10-4-9(13)14-5-15-10/h1-5,17H,(H,14,15,16,18). The van der Waals surface area contributed by atoms with Gasteiger partial charge >= 0.3 is 0 Å². The smallest absolute Gasteiger partial charge is 0.260 e. The quantitative estimate of drug-likeness (QED) is 0.831. The molecule has 5 nitrogen and oxygen atoms in total. The Balaban J connectivity index is 2.22. The zero-order valence-electron chi connectivity index (χ0n) is 8.89. The Labute approximate surface area is 112 Å². The zero-order valence-corrected chi connectivity index (χ0v) is 10.4. The Kier molecular flexibility index (Phi) is 3.64. The molecule has 0 unspecified atom stereocenters. The summed E-state index contributed by atoms with van der Waals surface area (Å²) in [7, 11) is 0. The van der Waals surface area contributed by atoms with E-state index in [0.29, 0.717) is 5.02 Å². The molecule has 2 rings (SSSR count). The fraction of sp³-hybridized carbons (Fsp3) is 0. The van der Waals surface area contributed by atoms with Crippen LogP contribution in [-0.2, 0) is 0 Å². The highest BCUT2D eigenvalue weighted by atomic mass is 35.5. The van der Waals surface area contributed by atoms with Crippen LogP contribution >= 0.6 is 23.2 Å². The Morgan fingerprint density at radius 2 is 2.00 bits per heavy atom. The van der Waals surface area contributed by atoms with E-state index >= 15 is 0 Å². The van der Waals surface area contributed by atoms with Crippen LogP contribution in [0.1, 0.15) is 10.4 Å². The maximum Gasteiger partial charge on any atom is 0.260 e. The van der Waals surface area contributed by atoms with Crippen LogP contribution in [0.15, 0.2) is 30.6 Å². The third kappa shape index (κ3) is 2.88. The largest absolute Gasteiger partial charge is 0.507 e. The van der Waals surface area contributed by atoms with Gasteiger partial charge in [-0.2, -0.15) is 0 Å². The molecule has 0 aliphatic heterocycles. The maximum absolute atomic E-state index is 11.8. The summed E-state index contributed by atoms with van der Waals surface area (Å²) in [6, 6.07) is 5.59. The lowest BCUT2D eigenvalue weighted by Crippen LogP contribution is -2.13. The Bertz CT molecular complexity index is 605. The van der Waals surface area contributed by atoms with E-state index in [1.807, 2.05) is 0 Å². The van der Waals surface area contributed by atoms with E-state index in [-0.39, 0.29) is 22.3 Å². The van der Waals surface area contributed by atoms with Crippen molar-refractivity contribution in [3.05, 3.63) is 46.3 Å². The number of nitrogens with zero attached hydrogens (tertiary/aromatic N) is 2. The summed E-state index contributed by atoms with van der Waals surface area (Å²) in [5.74, 6) is -0.478. The number of carbonyl (C=O) groups excluding carboxylic acids is 1. The van der Waals surface area contributed by atoms with E-state index in [1.54, 1.807) is 0 Å². The first kappa shape index (κ1) is 12.6. The van der Waals surface area contributed by atoms with Crippen molar-refractivity contribution in [1.82, 2.24) is 9.97 Å². The molecule has 92 valence electrons. The van der Waals surface area contributed by atoms with Gasteiger partial charge in [0.15, 0.2) is 0 Å². The monoisotopic (exact) mass is 283 g/mol. The molecule has 1 aromatic carbocycles. The van der Waals surface area contributed by atoms with Crippen LogP contribution in [0, 0.1) is 0 Å². The minimum atomic E-state index is -0.515. The molecule has 0 fully saturated rings. The second-order valence-electron chi connectivity index (χ2n) is 3.34. The molecule has 18 heavy (non-hydrogen) atoms. The number of amides is 1. The number of nitrogens with one attached hydrogen (secondary N) is 1. The summed E-state index contributed by atoms with van der Waals surface area (Å²) in [5, 5.41) is 12.6. The van der Waals surface area contributed by atoms with Crippen molar-refractivity contribution in [3.63, 3.8) is 0 Å². The third-order valence-electron chi connectivity index (χ3n) is 2.08. The van der Waals surface area contributed by atoms with Gasteiger partial charge in [0.05, 0.1) is 5.56 Å². The summed E-state index contributed by atoms with van der Waals surface area (Å²) in [6.45, 7) is 0. The molecule has 0 saturated carbocycles. The van der Waals surface area contributed by atoms with Gasteiger partial charge in [0.1, 0.15) is 23.0 Å². The zero-order chi connectivity index (χ0) is 13.1. The van der Waals surface area contributed by atoms with Crippen molar-refractivity contribution >= 4 is 34.9 Å². The summed E-state index contributed by atoms with van der Waals surface area (Å²) in [4.78, 5) is 19.3. The fourth-order valence-corrected chi connectivity index (χ4v) is 1.60. The highest BCUT2D eigenvalue weighted by Gasteiger charge is 2.12. The van der Waals surface area contributed by atoms with Crippen LogP contribution in [0.2, 0.25) is 10.2 Å². The van der Waals surface area contributed by atoms with E-state index < -0.39 is 5.91 Å². The highest BCUT2D eigenvalue weighted by Crippen LogP contribution is 2.22. The number of carbonyl (C=O) groups is 1. The first-order valence-electron chi connectivity index (χ1n) is 4.83. The molecule has 0 radical (unpaired) electrons. The highest BCUT2D eigenvalue weighted by molar-refractivity contribution is 6.31. The normalized spacial score (nSPS) is 10.1.